The van der Waals surface area contributed by atoms with E-state index in [1.54, 1.807) is 0 Å². The standard InChI is InChI=1S/C15H22BrNO2/c1-3-12(8-9-18)10-17-15(19)11(2)13-4-6-14(16)7-5-13/h4-7,11-12,18H,3,8-10H2,1-2H3,(H,17,19). The Labute approximate surface area is 123 Å². The van der Waals surface area contributed by atoms with E-state index in [2.05, 4.69) is 28.2 Å². The predicted octanol–water partition coefficient (Wildman–Crippen LogP) is 3.08. The van der Waals surface area contributed by atoms with E-state index in [4.69, 9.17) is 5.11 Å². The van der Waals surface area contributed by atoms with Gasteiger partial charge < -0.3 is 10.4 Å². The Hall–Kier alpha value is -0.870. The summed E-state index contributed by atoms with van der Waals surface area (Å²) in [7, 11) is 0. The monoisotopic (exact) mass is 327 g/mol. The van der Waals surface area contributed by atoms with Crippen molar-refractivity contribution in [3.05, 3.63) is 34.3 Å². The normalized spacial score (nSPS) is 13.9. The van der Waals surface area contributed by atoms with Crippen LogP contribution in [0, 0.1) is 5.92 Å². The Bertz CT molecular complexity index is 392. The number of nitrogens with one attached hydrogen (secondary N) is 1. The van der Waals surface area contributed by atoms with Crippen LogP contribution in [0.4, 0.5) is 0 Å². The minimum atomic E-state index is -0.153. The molecule has 0 saturated carbocycles. The van der Waals surface area contributed by atoms with Gasteiger partial charge in [-0.2, -0.15) is 0 Å². The van der Waals surface area contributed by atoms with Crippen molar-refractivity contribution in [2.24, 2.45) is 5.92 Å². The molecule has 0 aliphatic carbocycles. The molecule has 0 bridgehead atoms. The molecule has 0 heterocycles. The summed E-state index contributed by atoms with van der Waals surface area (Å²) in [4.78, 5) is 12.1. The molecule has 1 amide bonds. The molecule has 19 heavy (non-hydrogen) atoms. The number of rotatable bonds is 7. The number of aliphatic hydroxyl groups is 1. The number of hydrogen-bond acceptors (Lipinski definition) is 2. The molecule has 0 aliphatic rings. The van der Waals surface area contributed by atoms with Gasteiger partial charge in [-0.1, -0.05) is 41.4 Å². The average Bonchev–Trinajstić information content (AvgIpc) is 2.43. The second kappa shape index (κ2) is 8.33. The van der Waals surface area contributed by atoms with Crippen LogP contribution in [0.5, 0.6) is 0 Å². The SMILES string of the molecule is CCC(CCO)CNC(=O)C(C)c1ccc(Br)cc1. The van der Waals surface area contributed by atoms with E-state index in [-0.39, 0.29) is 18.4 Å². The van der Waals surface area contributed by atoms with E-state index >= 15 is 0 Å². The Kier molecular flexibility index (Phi) is 7.10. The lowest BCUT2D eigenvalue weighted by Crippen LogP contribution is -2.32. The van der Waals surface area contributed by atoms with E-state index in [1.165, 1.54) is 0 Å². The highest BCUT2D eigenvalue weighted by Gasteiger charge is 2.16. The minimum absolute atomic E-state index is 0.0405. The first-order valence-electron chi connectivity index (χ1n) is 6.72. The van der Waals surface area contributed by atoms with Crippen LogP contribution in [-0.4, -0.2) is 24.2 Å². The van der Waals surface area contributed by atoms with Crippen molar-refractivity contribution in [3.63, 3.8) is 0 Å². The van der Waals surface area contributed by atoms with Crippen molar-refractivity contribution >= 4 is 21.8 Å². The predicted molar refractivity (Wildman–Crippen MR) is 81.1 cm³/mol. The van der Waals surface area contributed by atoms with E-state index < -0.39 is 0 Å². The Balaban J connectivity index is 2.50. The number of hydrogen-bond donors (Lipinski definition) is 2. The summed E-state index contributed by atoms with van der Waals surface area (Å²) in [5.41, 5.74) is 1.01. The van der Waals surface area contributed by atoms with Crippen LogP contribution in [0.15, 0.2) is 28.7 Å². The van der Waals surface area contributed by atoms with Gasteiger partial charge >= 0.3 is 0 Å². The Morgan fingerprint density at radius 3 is 2.53 bits per heavy atom. The summed E-state index contributed by atoms with van der Waals surface area (Å²) in [6.07, 6.45) is 1.71. The molecular formula is C15H22BrNO2. The Morgan fingerprint density at radius 1 is 1.37 bits per heavy atom. The summed E-state index contributed by atoms with van der Waals surface area (Å²) in [5.74, 6) is 0.240. The quantitative estimate of drug-likeness (QED) is 0.808. The van der Waals surface area contributed by atoms with Gasteiger partial charge in [0.15, 0.2) is 0 Å². The van der Waals surface area contributed by atoms with Gasteiger partial charge in [0, 0.05) is 17.6 Å². The number of benzene rings is 1. The molecule has 106 valence electrons. The third-order valence-electron chi connectivity index (χ3n) is 3.44. The lowest BCUT2D eigenvalue weighted by molar-refractivity contribution is -0.122. The van der Waals surface area contributed by atoms with Crippen LogP contribution < -0.4 is 5.32 Å². The van der Waals surface area contributed by atoms with Gasteiger partial charge in [0.2, 0.25) is 5.91 Å². The van der Waals surface area contributed by atoms with E-state index in [1.807, 2.05) is 31.2 Å². The Morgan fingerprint density at radius 2 is 2.00 bits per heavy atom. The first-order valence-corrected chi connectivity index (χ1v) is 7.51. The number of aliphatic hydroxyl groups excluding tert-OH is 1. The van der Waals surface area contributed by atoms with Gasteiger partial charge in [0.1, 0.15) is 0 Å². The van der Waals surface area contributed by atoms with E-state index in [9.17, 15) is 4.79 Å². The third-order valence-corrected chi connectivity index (χ3v) is 3.97. The zero-order valence-corrected chi connectivity index (χ0v) is 13.1. The van der Waals surface area contributed by atoms with Crippen LogP contribution in [0.1, 0.15) is 38.2 Å². The molecule has 0 aliphatic heterocycles. The largest absolute Gasteiger partial charge is 0.396 e. The van der Waals surface area contributed by atoms with Crippen LogP contribution in [0.2, 0.25) is 0 Å². The summed E-state index contributed by atoms with van der Waals surface area (Å²) >= 11 is 3.38. The highest BCUT2D eigenvalue weighted by atomic mass is 79.9. The van der Waals surface area contributed by atoms with Gasteiger partial charge in [0.05, 0.1) is 5.92 Å². The minimum Gasteiger partial charge on any atom is -0.396 e. The molecule has 3 nitrogen and oxygen atoms in total. The highest BCUT2D eigenvalue weighted by Crippen LogP contribution is 2.18. The second-order valence-corrected chi connectivity index (χ2v) is 5.72. The fraction of sp³-hybridized carbons (Fsp3) is 0.533. The molecule has 1 rings (SSSR count). The first kappa shape index (κ1) is 16.2. The summed E-state index contributed by atoms with van der Waals surface area (Å²) in [5, 5.41) is 11.9. The molecular weight excluding hydrogens is 306 g/mol. The summed E-state index contributed by atoms with van der Waals surface area (Å²) in [6, 6.07) is 7.80. The van der Waals surface area contributed by atoms with Gasteiger partial charge in [-0.3, -0.25) is 4.79 Å². The molecule has 1 aromatic carbocycles. The van der Waals surface area contributed by atoms with Gasteiger partial charge in [-0.25, -0.2) is 0 Å². The molecule has 0 fully saturated rings. The topological polar surface area (TPSA) is 49.3 Å². The van der Waals surface area contributed by atoms with Crippen molar-refractivity contribution in [1.82, 2.24) is 5.32 Å². The van der Waals surface area contributed by atoms with Crippen molar-refractivity contribution in [2.75, 3.05) is 13.2 Å². The molecule has 0 saturated heterocycles. The smallest absolute Gasteiger partial charge is 0.227 e. The van der Waals surface area contributed by atoms with Crippen LogP contribution in [-0.2, 0) is 4.79 Å². The molecule has 0 aromatic heterocycles. The molecule has 1 aromatic rings. The van der Waals surface area contributed by atoms with E-state index in [0.717, 1.165) is 22.9 Å². The third kappa shape index (κ3) is 5.33. The lowest BCUT2D eigenvalue weighted by atomic mass is 9.99. The fourth-order valence-electron chi connectivity index (χ4n) is 1.93. The molecule has 4 heteroatoms. The lowest BCUT2D eigenvalue weighted by Gasteiger charge is -2.17. The number of carbonyl (C=O) groups excluding carboxylic acids is 1. The van der Waals surface area contributed by atoms with Crippen molar-refractivity contribution in [1.29, 1.82) is 0 Å². The molecule has 2 N–H and O–H groups in total. The molecule has 0 radical (unpaired) electrons. The maximum absolute atomic E-state index is 12.1. The summed E-state index contributed by atoms with van der Waals surface area (Å²) in [6.45, 7) is 4.80. The van der Waals surface area contributed by atoms with Crippen molar-refractivity contribution < 1.29 is 9.90 Å². The maximum atomic E-state index is 12.1. The van der Waals surface area contributed by atoms with Crippen LogP contribution in [0.25, 0.3) is 0 Å². The summed E-state index contributed by atoms with van der Waals surface area (Å²) < 4.78 is 1.01. The molecule has 2 atom stereocenters. The fourth-order valence-corrected chi connectivity index (χ4v) is 2.20. The van der Waals surface area contributed by atoms with Gasteiger partial charge in [0.25, 0.3) is 0 Å². The highest BCUT2D eigenvalue weighted by molar-refractivity contribution is 9.10. The second-order valence-electron chi connectivity index (χ2n) is 4.80. The number of halogens is 1. The number of amides is 1. The van der Waals surface area contributed by atoms with E-state index in [0.29, 0.717) is 12.5 Å². The molecule has 0 spiro atoms. The van der Waals surface area contributed by atoms with Crippen LogP contribution >= 0.6 is 15.9 Å². The number of carbonyl (C=O) groups is 1. The maximum Gasteiger partial charge on any atom is 0.227 e. The molecule has 2 unspecified atom stereocenters. The van der Waals surface area contributed by atoms with Gasteiger partial charge in [-0.05, 0) is 37.0 Å². The average molecular weight is 328 g/mol. The van der Waals surface area contributed by atoms with Gasteiger partial charge in [-0.15, -0.1) is 0 Å². The first-order chi connectivity index (χ1) is 9.08. The van der Waals surface area contributed by atoms with Crippen LogP contribution in [0.3, 0.4) is 0 Å². The zero-order valence-electron chi connectivity index (χ0n) is 11.5. The van der Waals surface area contributed by atoms with Crippen molar-refractivity contribution in [2.45, 2.75) is 32.6 Å². The zero-order chi connectivity index (χ0) is 14.3. The van der Waals surface area contributed by atoms with Crippen molar-refractivity contribution in [3.8, 4) is 0 Å².